The molecule has 0 aliphatic rings. The number of rotatable bonds is 4. The Bertz CT molecular complexity index is 170. The van der Waals surface area contributed by atoms with Gasteiger partial charge in [-0.05, 0) is 6.42 Å². The molecule has 1 N–H and O–H groups in total. The predicted octanol–water partition coefficient (Wildman–Crippen LogP) is 1.38. The highest BCUT2D eigenvalue weighted by molar-refractivity contribution is 5.71. The molecule has 0 fully saturated rings. The topological polar surface area (TPSA) is 64.6 Å². The highest BCUT2D eigenvalue weighted by Gasteiger charge is 2.02. The molecule has 0 radical (unpaired) electrons. The van der Waals surface area contributed by atoms with Gasteiger partial charge < -0.3 is 9.57 Å². The molecular weight excluding hydrogens is 174 g/mol. The predicted molar refractivity (Wildman–Crippen MR) is 45.8 cm³/mol. The molecule has 0 unspecified atom stereocenters. The average molecular weight is 189 g/mol. The summed E-state index contributed by atoms with van der Waals surface area (Å²) >= 11 is 0. The van der Waals surface area contributed by atoms with Gasteiger partial charge in [-0.2, -0.15) is 0 Å². The zero-order chi connectivity index (χ0) is 10.1. The van der Waals surface area contributed by atoms with Crippen molar-refractivity contribution in [2.24, 2.45) is 0 Å². The lowest BCUT2D eigenvalue weighted by molar-refractivity contribution is -0.147. The Morgan fingerprint density at radius 1 is 1.31 bits per heavy atom. The number of carbonyl (C=O) groups excluding carboxylic acids is 2. The molecule has 76 valence electrons. The SMILES string of the molecule is CCCCCOC(=O)NOC(C)=O. The van der Waals surface area contributed by atoms with Gasteiger partial charge in [0.1, 0.15) is 0 Å². The van der Waals surface area contributed by atoms with Crippen LogP contribution in [0.3, 0.4) is 0 Å². The van der Waals surface area contributed by atoms with E-state index in [1.165, 1.54) is 6.92 Å². The van der Waals surface area contributed by atoms with Gasteiger partial charge in [0, 0.05) is 6.92 Å². The lowest BCUT2D eigenvalue weighted by Crippen LogP contribution is -2.26. The van der Waals surface area contributed by atoms with Gasteiger partial charge in [0.2, 0.25) is 0 Å². The molecular formula is C8H15NO4. The number of amides is 1. The third-order valence-electron chi connectivity index (χ3n) is 1.26. The normalized spacial score (nSPS) is 9.08. The molecule has 13 heavy (non-hydrogen) atoms. The monoisotopic (exact) mass is 189 g/mol. The van der Waals surface area contributed by atoms with Crippen molar-refractivity contribution < 1.29 is 19.2 Å². The Labute approximate surface area is 77.3 Å². The summed E-state index contributed by atoms with van der Waals surface area (Å²) in [5.74, 6) is -0.578. The summed E-state index contributed by atoms with van der Waals surface area (Å²) in [7, 11) is 0. The number of nitrogens with one attached hydrogen (secondary N) is 1. The Hall–Kier alpha value is -1.26. The molecule has 0 heterocycles. The maximum atomic E-state index is 10.7. The van der Waals surface area contributed by atoms with Gasteiger partial charge in [-0.15, -0.1) is 5.48 Å². The van der Waals surface area contributed by atoms with Gasteiger partial charge in [-0.3, -0.25) is 4.79 Å². The first-order chi connectivity index (χ1) is 6.16. The molecule has 0 saturated carbocycles. The number of carbonyl (C=O) groups is 2. The maximum Gasteiger partial charge on any atom is 0.440 e. The standard InChI is InChI=1S/C8H15NO4/c1-3-4-5-6-12-8(11)9-13-7(2)10/h3-6H2,1-2H3,(H,9,11). The molecule has 0 aromatic heterocycles. The molecule has 0 atom stereocenters. The van der Waals surface area contributed by atoms with Crippen LogP contribution in [0.5, 0.6) is 0 Å². The van der Waals surface area contributed by atoms with E-state index in [2.05, 4.69) is 16.5 Å². The fourth-order valence-electron chi connectivity index (χ4n) is 0.660. The minimum atomic E-state index is -0.730. The van der Waals surface area contributed by atoms with E-state index in [1.807, 2.05) is 5.48 Å². The van der Waals surface area contributed by atoms with E-state index in [0.717, 1.165) is 19.3 Å². The second kappa shape index (κ2) is 7.39. The van der Waals surface area contributed by atoms with Gasteiger partial charge in [-0.1, -0.05) is 19.8 Å². The third-order valence-corrected chi connectivity index (χ3v) is 1.26. The Balaban J connectivity index is 3.25. The summed E-state index contributed by atoms with van der Waals surface area (Å²) in [6.07, 6.45) is 2.17. The molecule has 1 amide bonds. The summed E-state index contributed by atoms with van der Waals surface area (Å²) in [4.78, 5) is 25.1. The van der Waals surface area contributed by atoms with E-state index < -0.39 is 12.1 Å². The van der Waals surface area contributed by atoms with Gasteiger partial charge in [-0.25, -0.2) is 4.79 Å². The third kappa shape index (κ3) is 8.65. The van der Waals surface area contributed by atoms with Crippen LogP contribution in [0.4, 0.5) is 4.79 Å². The molecule has 0 bridgehead atoms. The van der Waals surface area contributed by atoms with Crippen LogP contribution in [0.2, 0.25) is 0 Å². The molecule has 0 aliphatic carbocycles. The van der Waals surface area contributed by atoms with Crippen molar-refractivity contribution in [3.8, 4) is 0 Å². The highest BCUT2D eigenvalue weighted by atomic mass is 16.7. The number of unbranched alkanes of at least 4 members (excludes halogenated alkanes) is 2. The number of hydrogen-bond acceptors (Lipinski definition) is 4. The van der Waals surface area contributed by atoms with Crippen molar-refractivity contribution in [2.75, 3.05) is 6.61 Å². The molecule has 0 spiro atoms. The van der Waals surface area contributed by atoms with Crippen LogP contribution in [-0.2, 0) is 14.4 Å². The van der Waals surface area contributed by atoms with E-state index in [0.29, 0.717) is 6.61 Å². The second-order valence-corrected chi connectivity index (χ2v) is 2.54. The van der Waals surface area contributed by atoms with Crippen LogP contribution < -0.4 is 5.48 Å². The molecule has 0 rings (SSSR count). The zero-order valence-electron chi connectivity index (χ0n) is 7.96. The molecule has 0 aromatic carbocycles. The van der Waals surface area contributed by atoms with Crippen molar-refractivity contribution in [2.45, 2.75) is 33.1 Å². The number of ether oxygens (including phenoxy) is 1. The van der Waals surface area contributed by atoms with Crippen LogP contribution in [0.15, 0.2) is 0 Å². The minimum Gasteiger partial charge on any atom is -0.447 e. The lowest BCUT2D eigenvalue weighted by atomic mass is 10.3. The average Bonchev–Trinajstić information content (AvgIpc) is 2.09. The number of hydroxylamine groups is 1. The summed E-state index contributed by atoms with van der Waals surface area (Å²) in [6, 6.07) is 0. The summed E-state index contributed by atoms with van der Waals surface area (Å²) < 4.78 is 4.67. The van der Waals surface area contributed by atoms with Crippen molar-refractivity contribution >= 4 is 12.1 Å². The smallest absolute Gasteiger partial charge is 0.440 e. The number of hydrogen-bond donors (Lipinski definition) is 1. The lowest BCUT2D eigenvalue weighted by Gasteiger charge is -2.04. The van der Waals surface area contributed by atoms with Crippen molar-refractivity contribution in [3.63, 3.8) is 0 Å². The van der Waals surface area contributed by atoms with Crippen molar-refractivity contribution in [1.82, 2.24) is 5.48 Å². The van der Waals surface area contributed by atoms with E-state index in [9.17, 15) is 9.59 Å². The Morgan fingerprint density at radius 2 is 2.00 bits per heavy atom. The largest absolute Gasteiger partial charge is 0.447 e. The summed E-state index contributed by atoms with van der Waals surface area (Å²) in [5, 5.41) is 0. The quantitative estimate of drug-likeness (QED) is 0.536. The summed E-state index contributed by atoms with van der Waals surface area (Å²) in [5.41, 5.74) is 1.85. The van der Waals surface area contributed by atoms with E-state index >= 15 is 0 Å². The fraction of sp³-hybridized carbons (Fsp3) is 0.750. The van der Waals surface area contributed by atoms with E-state index in [-0.39, 0.29) is 0 Å². The van der Waals surface area contributed by atoms with E-state index in [1.54, 1.807) is 0 Å². The van der Waals surface area contributed by atoms with Crippen LogP contribution in [-0.4, -0.2) is 18.7 Å². The fourth-order valence-corrected chi connectivity index (χ4v) is 0.660. The van der Waals surface area contributed by atoms with Gasteiger partial charge >= 0.3 is 12.1 Å². The second-order valence-electron chi connectivity index (χ2n) is 2.54. The molecule has 0 aromatic rings. The van der Waals surface area contributed by atoms with Crippen molar-refractivity contribution in [3.05, 3.63) is 0 Å². The maximum absolute atomic E-state index is 10.7. The molecule has 0 saturated heterocycles. The highest BCUT2D eigenvalue weighted by Crippen LogP contribution is 1.94. The first-order valence-corrected chi connectivity index (χ1v) is 4.27. The van der Waals surface area contributed by atoms with Crippen LogP contribution in [0.1, 0.15) is 33.1 Å². The van der Waals surface area contributed by atoms with Crippen molar-refractivity contribution in [1.29, 1.82) is 0 Å². The molecule has 5 nitrogen and oxygen atoms in total. The Morgan fingerprint density at radius 3 is 2.54 bits per heavy atom. The van der Waals surface area contributed by atoms with Crippen LogP contribution in [0.25, 0.3) is 0 Å². The first-order valence-electron chi connectivity index (χ1n) is 4.27. The van der Waals surface area contributed by atoms with E-state index in [4.69, 9.17) is 0 Å². The van der Waals surface area contributed by atoms with Crippen LogP contribution in [0, 0.1) is 0 Å². The minimum absolute atomic E-state index is 0.348. The Kier molecular flexibility index (Phi) is 6.68. The van der Waals surface area contributed by atoms with Crippen LogP contribution >= 0.6 is 0 Å². The molecule has 5 heteroatoms. The first kappa shape index (κ1) is 11.7. The van der Waals surface area contributed by atoms with Gasteiger partial charge in [0.25, 0.3) is 0 Å². The zero-order valence-corrected chi connectivity index (χ0v) is 7.96. The van der Waals surface area contributed by atoms with Gasteiger partial charge in [0.05, 0.1) is 6.61 Å². The van der Waals surface area contributed by atoms with Gasteiger partial charge in [0.15, 0.2) is 0 Å². The molecule has 0 aliphatic heterocycles. The summed E-state index contributed by atoms with van der Waals surface area (Å²) in [6.45, 7) is 3.59.